The number of rotatable bonds is 1. The van der Waals surface area contributed by atoms with Crippen molar-refractivity contribution in [2.45, 2.75) is 32.3 Å². The van der Waals surface area contributed by atoms with Crippen LogP contribution in [0.2, 0.25) is 0 Å². The van der Waals surface area contributed by atoms with Crippen molar-refractivity contribution in [2.24, 2.45) is 11.8 Å². The summed E-state index contributed by atoms with van der Waals surface area (Å²) in [5, 5.41) is 0. The van der Waals surface area contributed by atoms with E-state index < -0.39 is 0 Å². The second kappa shape index (κ2) is 2.35. The topological polar surface area (TPSA) is 0 Å². The molecule has 1 fully saturated rings. The third kappa shape index (κ3) is 1.05. The summed E-state index contributed by atoms with van der Waals surface area (Å²) in [7, 11) is 2.89. The van der Waals surface area contributed by atoms with E-state index in [2.05, 4.69) is 23.1 Å². The van der Waals surface area contributed by atoms with Crippen LogP contribution in [0, 0.1) is 11.8 Å². The van der Waals surface area contributed by atoms with Gasteiger partial charge in [-0.2, -0.15) is 0 Å². The smallest absolute Gasteiger partial charge is 0.0262 e. The maximum atomic E-state index is 2.89. The van der Waals surface area contributed by atoms with E-state index in [-0.39, 0.29) is 0 Å². The van der Waals surface area contributed by atoms with Crippen molar-refractivity contribution in [3.05, 3.63) is 0 Å². The highest BCUT2D eigenvalue weighted by Gasteiger charge is 2.28. The standard InChI is InChI=1S/C7H15P/c1-5-3-4-7(5)6(2)8/h5-7H,3-4,8H2,1-2H3. The molecule has 0 aromatic heterocycles. The Balaban J connectivity index is 2.26. The van der Waals surface area contributed by atoms with Crippen LogP contribution >= 0.6 is 9.24 Å². The van der Waals surface area contributed by atoms with Crippen LogP contribution in [0.25, 0.3) is 0 Å². The fourth-order valence-corrected chi connectivity index (χ4v) is 2.05. The van der Waals surface area contributed by atoms with Crippen LogP contribution in [0.5, 0.6) is 0 Å². The summed E-state index contributed by atoms with van der Waals surface area (Å²) in [5.41, 5.74) is 0.846. The minimum atomic E-state index is 0.846. The summed E-state index contributed by atoms with van der Waals surface area (Å²) in [6.45, 7) is 4.65. The van der Waals surface area contributed by atoms with Crippen molar-refractivity contribution in [3.8, 4) is 0 Å². The van der Waals surface area contributed by atoms with Crippen LogP contribution in [-0.2, 0) is 0 Å². The van der Waals surface area contributed by atoms with Gasteiger partial charge in [-0.1, -0.05) is 20.3 Å². The molecule has 1 rings (SSSR count). The zero-order valence-corrected chi connectivity index (χ0v) is 6.88. The first-order valence-corrected chi connectivity index (χ1v) is 4.14. The summed E-state index contributed by atoms with van der Waals surface area (Å²) in [5.74, 6) is 2.02. The first-order valence-electron chi connectivity index (χ1n) is 3.47. The molecule has 1 heteroatoms. The van der Waals surface area contributed by atoms with Crippen molar-refractivity contribution >= 4 is 9.24 Å². The predicted octanol–water partition coefficient (Wildman–Crippen LogP) is 2.30. The molecule has 0 saturated heterocycles. The molecule has 0 heterocycles. The van der Waals surface area contributed by atoms with E-state index in [1.807, 2.05) is 0 Å². The number of hydrogen-bond acceptors (Lipinski definition) is 0. The average Bonchev–Trinajstić information content (AvgIpc) is 1.61. The third-order valence-corrected chi connectivity index (χ3v) is 2.86. The van der Waals surface area contributed by atoms with Crippen molar-refractivity contribution in [2.75, 3.05) is 0 Å². The Hall–Kier alpha value is 0.430. The molecule has 48 valence electrons. The van der Waals surface area contributed by atoms with Gasteiger partial charge in [-0.25, -0.2) is 0 Å². The molecule has 0 N–H and O–H groups in total. The summed E-state index contributed by atoms with van der Waals surface area (Å²) < 4.78 is 0. The highest BCUT2D eigenvalue weighted by atomic mass is 31.0. The summed E-state index contributed by atoms with van der Waals surface area (Å²) in [6, 6.07) is 0. The Morgan fingerprint density at radius 3 is 2.12 bits per heavy atom. The van der Waals surface area contributed by atoms with Crippen molar-refractivity contribution in [1.82, 2.24) is 0 Å². The second-order valence-electron chi connectivity index (χ2n) is 3.08. The maximum absolute atomic E-state index is 2.89. The zero-order chi connectivity index (χ0) is 6.15. The lowest BCUT2D eigenvalue weighted by Crippen LogP contribution is -2.28. The van der Waals surface area contributed by atoms with Crippen molar-refractivity contribution < 1.29 is 0 Å². The molecule has 1 aliphatic carbocycles. The Labute approximate surface area is 54.3 Å². The fraction of sp³-hybridized carbons (Fsp3) is 1.00. The molecule has 8 heavy (non-hydrogen) atoms. The lowest BCUT2D eigenvalue weighted by molar-refractivity contribution is 0.196. The molecule has 0 amide bonds. The molecular formula is C7H15P. The van der Waals surface area contributed by atoms with Gasteiger partial charge in [0.25, 0.3) is 0 Å². The molecule has 1 aliphatic rings. The van der Waals surface area contributed by atoms with E-state index in [0.717, 1.165) is 17.5 Å². The zero-order valence-electron chi connectivity index (χ0n) is 5.72. The average molecular weight is 130 g/mol. The lowest BCUT2D eigenvalue weighted by atomic mass is 9.73. The molecule has 4 atom stereocenters. The highest BCUT2D eigenvalue weighted by Crippen LogP contribution is 2.38. The monoisotopic (exact) mass is 130 g/mol. The molecule has 0 radical (unpaired) electrons. The fourth-order valence-electron chi connectivity index (χ4n) is 1.47. The van der Waals surface area contributed by atoms with E-state index in [0.29, 0.717) is 0 Å². The van der Waals surface area contributed by atoms with E-state index in [4.69, 9.17) is 0 Å². The number of hydrogen-bond donors (Lipinski definition) is 0. The van der Waals surface area contributed by atoms with Crippen LogP contribution in [0.15, 0.2) is 0 Å². The van der Waals surface area contributed by atoms with Gasteiger partial charge in [0.15, 0.2) is 0 Å². The van der Waals surface area contributed by atoms with Gasteiger partial charge in [-0.05, 0) is 23.9 Å². The van der Waals surface area contributed by atoms with Gasteiger partial charge in [0, 0.05) is 0 Å². The largest absolute Gasteiger partial charge is 0.134 e. The second-order valence-corrected chi connectivity index (χ2v) is 4.13. The van der Waals surface area contributed by atoms with Gasteiger partial charge in [-0.15, -0.1) is 9.24 Å². The Morgan fingerprint density at radius 2 is 2.12 bits per heavy atom. The minimum absolute atomic E-state index is 0.846. The van der Waals surface area contributed by atoms with Crippen LogP contribution in [0.4, 0.5) is 0 Å². The van der Waals surface area contributed by atoms with Gasteiger partial charge in [-0.3, -0.25) is 0 Å². The van der Waals surface area contributed by atoms with E-state index in [9.17, 15) is 0 Å². The first kappa shape index (κ1) is 6.55. The predicted molar refractivity (Wildman–Crippen MR) is 41.1 cm³/mol. The molecular weight excluding hydrogens is 115 g/mol. The minimum Gasteiger partial charge on any atom is -0.134 e. The van der Waals surface area contributed by atoms with E-state index in [1.54, 1.807) is 0 Å². The molecule has 0 spiro atoms. The highest BCUT2D eigenvalue weighted by molar-refractivity contribution is 7.17. The van der Waals surface area contributed by atoms with Gasteiger partial charge < -0.3 is 0 Å². The quantitative estimate of drug-likeness (QED) is 0.478. The molecule has 0 aromatic carbocycles. The van der Waals surface area contributed by atoms with Crippen LogP contribution in [0.3, 0.4) is 0 Å². The molecule has 4 unspecified atom stereocenters. The van der Waals surface area contributed by atoms with Crippen LogP contribution < -0.4 is 0 Å². The van der Waals surface area contributed by atoms with Crippen LogP contribution in [0.1, 0.15) is 26.7 Å². The maximum Gasteiger partial charge on any atom is -0.0262 e. The van der Waals surface area contributed by atoms with E-state index in [1.165, 1.54) is 12.8 Å². The summed E-state index contributed by atoms with van der Waals surface area (Å²) >= 11 is 0. The van der Waals surface area contributed by atoms with Gasteiger partial charge in [0.2, 0.25) is 0 Å². The van der Waals surface area contributed by atoms with Gasteiger partial charge >= 0.3 is 0 Å². The third-order valence-electron chi connectivity index (χ3n) is 2.36. The van der Waals surface area contributed by atoms with Gasteiger partial charge in [0.1, 0.15) is 0 Å². The van der Waals surface area contributed by atoms with Crippen molar-refractivity contribution in [3.63, 3.8) is 0 Å². The molecule has 0 aromatic rings. The Morgan fingerprint density at radius 1 is 1.50 bits per heavy atom. The molecule has 0 nitrogen and oxygen atoms in total. The lowest BCUT2D eigenvalue weighted by Gasteiger charge is -2.36. The molecule has 0 bridgehead atoms. The van der Waals surface area contributed by atoms with Crippen molar-refractivity contribution in [1.29, 1.82) is 0 Å². The first-order chi connectivity index (χ1) is 3.72. The Kier molecular flexibility index (Phi) is 1.92. The summed E-state index contributed by atoms with van der Waals surface area (Å²) in [4.78, 5) is 0. The van der Waals surface area contributed by atoms with Crippen LogP contribution in [-0.4, -0.2) is 5.66 Å². The van der Waals surface area contributed by atoms with Gasteiger partial charge in [0.05, 0.1) is 0 Å². The van der Waals surface area contributed by atoms with E-state index >= 15 is 0 Å². The Bertz CT molecular complexity index is 73.7. The SMILES string of the molecule is CC(P)C1CCC1C. The normalized spacial score (nSPS) is 40.9. The molecule has 0 aliphatic heterocycles. The molecule has 1 saturated carbocycles. The summed E-state index contributed by atoms with van der Waals surface area (Å²) in [6.07, 6.45) is 2.93.